The van der Waals surface area contributed by atoms with E-state index in [4.69, 9.17) is 0 Å². The van der Waals surface area contributed by atoms with Crippen molar-refractivity contribution in [2.75, 3.05) is 11.9 Å². The Labute approximate surface area is 146 Å². The Balaban J connectivity index is 1.62. The first-order valence-electron chi connectivity index (χ1n) is 8.40. The van der Waals surface area contributed by atoms with Gasteiger partial charge in [-0.05, 0) is 43.5 Å². The highest BCUT2D eigenvalue weighted by atomic mass is 19.1. The number of hydrogen-bond donors (Lipinski definition) is 2. The molecule has 7 heteroatoms. The molecule has 132 valence electrons. The van der Waals surface area contributed by atoms with E-state index >= 15 is 0 Å². The molecule has 2 heterocycles. The Hall–Kier alpha value is -2.70. The molecule has 1 aromatic heterocycles. The number of aromatic nitrogens is 2. The topological polar surface area (TPSA) is 70.2 Å². The van der Waals surface area contributed by atoms with E-state index < -0.39 is 0 Å². The van der Waals surface area contributed by atoms with Crippen LogP contribution in [0.25, 0.3) is 0 Å². The number of halogens is 1. The van der Waals surface area contributed by atoms with Crippen LogP contribution in [0.1, 0.15) is 30.7 Å². The van der Waals surface area contributed by atoms with E-state index in [1.165, 1.54) is 12.1 Å². The van der Waals surface area contributed by atoms with E-state index in [9.17, 15) is 9.18 Å². The number of amides is 2. The van der Waals surface area contributed by atoms with Crippen molar-refractivity contribution >= 4 is 12.0 Å². The molecule has 1 aliphatic rings. The number of fused-ring (bicyclic) bond motifs is 1. The highest BCUT2D eigenvalue weighted by Crippen LogP contribution is 2.18. The summed E-state index contributed by atoms with van der Waals surface area (Å²) < 4.78 is 13.2. The third-order valence-corrected chi connectivity index (χ3v) is 3.98. The smallest absolute Gasteiger partial charge is 0.318 e. The van der Waals surface area contributed by atoms with Gasteiger partial charge < -0.3 is 15.5 Å². The monoisotopic (exact) mass is 343 g/mol. The zero-order chi connectivity index (χ0) is 17.8. The van der Waals surface area contributed by atoms with Gasteiger partial charge in [-0.25, -0.2) is 19.2 Å². The first-order chi connectivity index (χ1) is 12.0. The second-order valence-corrected chi connectivity index (χ2v) is 6.42. The Morgan fingerprint density at radius 2 is 2.24 bits per heavy atom. The van der Waals surface area contributed by atoms with Gasteiger partial charge >= 0.3 is 6.03 Å². The Kier molecular flexibility index (Phi) is 5.11. The average molecular weight is 343 g/mol. The number of rotatable bonds is 4. The number of anilines is 1. The van der Waals surface area contributed by atoms with Crippen LogP contribution < -0.4 is 10.6 Å². The summed E-state index contributed by atoms with van der Waals surface area (Å²) in [5, 5.41) is 6.01. The van der Waals surface area contributed by atoms with Crippen LogP contribution in [0.4, 0.5) is 15.1 Å². The molecule has 0 saturated carbocycles. The van der Waals surface area contributed by atoms with Crippen molar-refractivity contribution < 1.29 is 9.18 Å². The van der Waals surface area contributed by atoms with Crippen LogP contribution in [0.2, 0.25) is 0 Å². The molecule has 0 unspecified atom stereocenters. The maximum atomic E-state index is 13.2. The van der Waals surface area contributed by atoms with Gasteiger partial charge in [-0.15, -0.1) is 0 Å². The van der Waals surface area contributed by atoms with E-state index in [1.807, 2.05) is 20.0 Å². The number of carbonyl (C=O) groups is 1. The van der Waals surface area contributed by atoms with Crippen molar-refractivity contribution in [2.24, 2.45) is 0 Å². The molecule has 2 amide bonds. The molecule has 3 rings (SSSR count). The van der Waals surface area contributed by atoms with Crippen molar-refractivity contribution in [1.29, 1.82) is 0 Å². The molecule has 0 atom stereocenters. The lowest BCUT2D eigenvalue weighted by molar-refractivity contribution is 0.191. The van der Waals surface area contributed by atoms with E-state index in [2.05, 4.69) is 20.6 Å². The fourth-order valence-corrected chi connectivity index (χ4v) is 2.74. The van der Waals surface area contributed by atoms with E-state index in [0.717, 1.165) is 23.2 Å². The predicted octanol–water partition coefficient (Wildman–Crippen LogP) is 2.70. The van der Waals surface area contributed by atoms with Gasteiger partial charge in [0.2, 0.25) is 5.95 Å². The zero-order valence-corrected chi connectivity index (χ0v) is 14.4. The van der Waals surface area contributed by atoms with Crippen molar-refractivity contribution in [3.8, 4) is 0 Å². The lowest BCUT2D eigenvalue weighted by Crippen LogP contribution is -2.42. The summed E-state index contributed by atoms with van der Waals surface area (Å²) in [5.74, 6) is 0.274. The molecule has 0 aliphatic carbocycles. The Morgan fingerprint density at radius 1 is 1.40 bits per heavy atom. The normalized spacial score (nSPS) is 13.5. The molecule has 2 aromatic rings. The first-order valence-corrected chi connectivity index (χ1v) is 8.40. The third kappa shape index (κ3) is 4.43. The molecule has 0 saturated heterocycles. The maximum absolute atomic E-state index is 13.2. The number of carbonyl (C=O) groups excluding carboxylic acids is 1. The summed E-state index contributed by atoms with van der Waals surface area (Å²) in [7, 11) is 0. The maximum Gasteiger partial charge on any atom is 0.318 e. The molecule has 6 nitrogen and oxygen atoms in total. The highest BCUT2D eigenvalue weighted by molar-refractivity contribution is 5.74. The minimum atomic E-state index is -0.305. The van der Waals surface area contributed by atoms with Gasteiger partial charge in [-0.1, -0.05) is 12.1 Å². The third-order valence-electron chi connectivity index (χ3n) is 3.98. The summed E-state index contributed by atoms with van der Waals surface area (Å²) in [5.41, 5.74) is 2.67. The summed E-state index contributed by atoms with van der Waals surface area (Å²) >= 11 is 0. The molecule has 0 bridgehead atoms. The number of nitrogens with zero attached hydrogens (tertiary/aromatic N) is 3. The van der Waals surface area contributed by atoms with E-state index in [1.54, 1.807) is 17.0 Å². The standard InChI is InChI=1S/C18H22FN5O/c1-12(2)22-17-20-10-14-6-7-24(11-16(14)23-17)18(25)21-9-13-4-3-5-15(19)8-13/h3-5,8,10,12H,6-7,9,11H2,1-2H3,(H,21,25)(H,20,22,23). The van der Waals surface area contributed by atoms with Crippen LogP contribution in [0, 0.1) is 5.82 Å². The Bertz CT molecular complexity index is 765. The molecular formula is C18H22FN5O. The van der Waals surface area contributed by atoms with Crippen molar-refractivity contribution in [3.63, 3.8) is 0 Å². The molecule has 0 spiro atoms. The number of benzene rings is 1. The average Bonchev–Trinajstić information content (AvgIpc) is 2.58. The lowest BCUT2D eigenvalue weighted by atomic mass is 10.1. The van der Waals surface area contributed by atoms with Crippen LogP contribution in [-0.2, 0) is 19.5 Å². The molecule has 0 radical (unpaired) electrons. The number of urea groups is 1. The molecule has 1 aliphatic heterocycles. The highest BCUT2D eigenvalue weighted by Gasteiger charge is 2.22. The second kappa shape index (κ2) is 7.46. The quantitative estimate of drug-likeness (QED) is 0.895. The summed E-state index contributed by atoms with van der Waals surface area (Å²) in [6.45, 7) is 5.40. The van der Waals surface area contributed by atoms with Crippen LogP contribution in [0.15, 0.2) is 30.5 Å². The fourth-order valence-electron chi connectivity index (χ4n) is 2.74. The van der Waals surface area contributed by atoms with Gasteiger partial charge in [-0.2, -0.15) is 0 Å². The van der Waals surface area contributed by atoms with Crippen molar-refractivity contribution in [2.45, 2.75) is 39.4 Å². The lowest BCUT2D eigenvalue weighted by Gasteiger charge is -2.28. The van der Waals surface area contributed by atoms with Crippen LogP contribution in [0.3, 0.4) is 0 Å². The van der Waals surface area contributed by atoms with Crippen molar-refractivity contribution in [1.82, 2.24) is 20.2 Å². The second-order valence-electron chi connectivity index (χ2n) is 6.42. The summed E-state index contributed by atoms with van der Waals surface area (Å²) in [6.07, 6.45) is 2.56. The van der Waals surface area contributed by atoms with Gasteiger partial charge in [0.15, 0.2) is 0 Å². The van der Waals surface area contributed by atoms with Crippen LogP contribution in [0.5, 0.6) is 0 Å². The molecular weight excluding hydrogens is 321 g/mol. The largest absolute Gasteiger partial charge is 0.352 e. The van der Waals surface area contributed by atoms with Crippen LogP contribution >= 0.6 is 0 Å². The zero-order valence-electron chi connectivity index (χ0n) is 14.4. The fraction of sp³-hybridized carbons (Fsp3) is 0.389. The minimum Gasteiger partial charge on any atom is -0.352 e. The van der Waals surface area contributed by atoms with Gasteiger partial charge in [0, 0.05) is 25.3 Å². The SMILES string of the molecule is CC(C)Nc1ncc2c(n1)CN(C(=O)NCc1cccc(F)c1)CC2. The number of hydrogen-bond acceptors (Lipinski definition) is 4. The van der Waals surface area contributed by atoms with Gasteiger partial charge in [-0.3, -0.25) is 0 Å². The number of nitrogens with one attached hydrogen (secondary N) is 2. The first kappa shape index (κ1) is 17.1. The molecule has 0 fully saturated rings. The summed E-state index contributed by atoms with van der Waals surface area (Å²) in [4.78, 5) is 22.9. The van der Waals surface area contributed by atoms with E-state index in [0.29, 0.717) is 25.6 Å². The minimum absolute atomic E-state index is 0.174. The summed E-state index contributed by atoms with van der Waals surface area (Å²) in [6, 6.07) is 6.29. The molecule has 2 N–H and O–H groups in total. The van der Waals surface area contributed by atoms with E-state index in [-0.39, 0.29) is 17.9 Å². The molecule has 25 heavy (non-hydrogen) atoms. The molecule has 1 aromatic carbocycles. The van der Waals surface area contributed by atoms with Crippen molar-refractivity contribution in [3.05, 3.63) is 53.1 Å². The van der Waals surface area contributed by atoms with Crippen LogP contribution in [-0.4, -0.2) is 33.5 Å². The van der Waals surface area contributed by atoms with Gasteiger partial charge in [0.25, 0.3) is 0 Å². The van der Waals surface area contributed by atoms with Gasteiger partial charge in [0.1, 0.15) is 5.82 Å². The Morgan fingerprint density at radius 3 is 3.00 bits per heavy atom. The predicted molar refractivity (Wildman–Crippen MR) is 93.5 cm³/mol. The van der Waals surface area contributed by atoms with Gasteiger partial charge in [0.05, 0.1) is 12.2 Å².